The maximum absolute atomic E-state index is 11.9. The number of rotatable bonds is 5. The van der Waals surface area contributed by atoms with E-state index in [2.05, 4.69) is 11.9 Å². The van der Waals surface area contributed by atoms with Crippen molar-refractivity contribution in [1.82, 2.24) is 10.2 Å². The zero-order valence-corrected chi connectivity index (χ0v) is 9.82. The second-order valence-electron chi connectivity index (χ2n) is 4.19. The molecule has 1 aliphatic rings. The third-order valence-electron chi connectivity index (χ3n) is 2.97. The Balaban J connectivity index is 2.45. The van der Waals surface area contributed by atoms with Gasteiger partial charge in [0.15, 0.2) is 0 Å². The lowest BCUT2D eigenvalue weighted by Gasteiger charge is -2.28. The molecule has 1 atom stereocenters. The fourth-order valence-corrected chi connectivity index (χ4v) is 2.08. The molecule has 4 heteroatoms. The van der Waals surface area contributed by atoms with Gasteiger partial charge in [-0.05, 0) is 12.8 Å². The highest BCUT2D eigenvalue weighted by molar-refractivity contribution is 5.78. The molecule has 0 spiro atoms. The van der Waals surface area contributed by atoms with Crippen LogP contribution in [0.4, 0.5) is 0 Å². The van der Waals surface area contributed by atoms with Crippen LogP contribution in [-0.2, 0) is 4.79 Å². The highest BCUT2D eigenvalue weighted by Gasteiger charge is 2.23. The van der Waals surface area contributed by atoms with E-state index in [9.17, 15) is 9.90 Å². The minimum Gasteiger partial charge on any atom is -0.394 e. The van der Waals surface area contributed by atoms with Crippen molar-refractivity contribution in [2.45, 2.75) is 31.7 Å². The molecule has 2 N–H and O–H groups in total. The van der Waals surface area contributed by atoms with E-state index in [4.69, 9.17) is 0 Å². The summed E-state index contributed by atoms with van der Waals surface area (Å²) in [6.45, 7) is 5.42. The van der Waals surface area contributed by atoms with Crippen molar-refractivity contribution in [3.63, 3.8) is 0 Å². The SMILES string of the molecule is C=CCNCC(=O)N1CCCCCC1CO. The number of hydrogen-bond acceptors (Lipinski definition) is 3. The topological polar surface area (TPSA) is 52.6 Å². The summed E-state index contributed by atoms with van der Waals surface area (Å²) in [5.41, 5.74) is 0. The molecule has 0 radical (unpaired) electrons. The minimum absolute atomic E-state index is 0.0144. The molecule has 92 valence electrons. The van der Waals surface area contributed by atoms with E-state index >= 15 is 0 Å². The second-order valence-corrected chi connectivity index (χ2v) is 4.19. The van der Waals surface area contributed by atoms with Gasteiger partial charge in [0.1, 0.15) is 0 Å². The van der Waals surface area contributed by atoms with E-state index in [1.165, 1.54) is 0 Å². The van der Waals surface area contributed by atoms with E-state index in [-0.39, 0.29) is 18.6 Å². The van der Waals surface area contributed by atoms with Crippen molar-refractivity contribution in [1.29, 1.82) is 0 Å². The van der Waals surface area contributed by atoms with Crippen molar-refractivity contribution in [3.8, 4) is 0 Å². The Morgan fingerprint density at radius 3 is 3.00 bits per heavy atom. The Bertz CT molecular complexity index is 231. The van der Waals surface area contributed by atoms with Crippen LogP contribution in [0.3, 0.4) is 0 Å². The average molecular weight is 226 g/mol. The molecule has 0 aliphatic carbocycles. The summed E-state index contributed by atoms with van der Waals surface area (Å²) >= 11 is 0. The Hall–Kier alpha value is -0.870. The van der Waals surface area contributed by atoms with Crippen molar-refractivity contribution in [2.75, 3.05) is 26.2 Å². The minimum atomic E-state index is 0.0144. The summed E-state index contributed by atoms with van der Waals surface area (Å²) < 4.78 is 0. The van der Waals surface area contributed by atoms with E-state index in [1.807, 2.05) is 4.90 Å². The number of amides is 1. The van der Waals surface area contributed by atoms with Gasteiger partial charge in [-0.2, -0.15) is 0 Å². The molecule has 0 saturated carbocycles. The molecule has 0 aromatic carbocycles. The molecule has 0 aromatic rings. The van der Waals surface area contributed by atoms with Crippen LogP contribution in [0.5, 0.6) is 0 Å². The van der Waals surface area contributed by atoms with Crippen LogP contribution >= 0.6 is 0 Å². The number of hydrogen-bond donors (Lipinski definition) is 2. The van der Waals surface area contributed by atoms with Gasteiger partial charge in [0, 0.05) is 13.1 Å². The molecule has 1 aliphatic heterocycles. The van der Waals surface area contributed by atoms with E-state index < -0.39 is 0 Å². The molecule has 1 unspecified atom stereocenters. The summed E-state index contributed by atoms with van der Waals surface area (Å²) in [5.74, 6) is 0.0859. The Morgan fingerprint density at radius 1 is 1.50 bits per heavy atom. The van der Waals surface area contributed by atoms with Gasteiger partial charge in [-0.3, -0.25) is 4.79 Å². The number of likely N-dealkylation sites (tertiary alicyclic amines) is 1. The third-order valence-corrected chi connectivity index (χ3v) is 2.97. The van der Waals surface area contributed by atoms with Crippen LogP contribution in [-0.4, -0.2) is 48.2 Å². The lowest BCUT2D eigenvalue weighted by atomic mass is 10.1. The molecule has 16 heavy (non-hydrogen) atoms. The molecule has 1 heterocycles. The van der Waals surface area contributed by atoms with Crippen LogP contribution in [0.15, 0.2) is 12.7 Å². The fourth-order valence-electron chi connectivity index (χ4n) is 2.08. The number of aliphatic hydroxyl groups excluding tert-OH is 1. The van der Waals surface area contributed by atoms with Gasteiger partial charge in [0.05, 0.1) is 19.2 Å². The molecule has 1 rings (SSSR count). The largest absolute Gasteiger partial charge is 0.394 e. The van der Waals surface area contributed by atoms with E-state index in [0.717, 1.165) is 32.2 Å². The summed E-state index contributed by atoms with van der Waals surface area (Å²) in [6, 6.07) is 0.0144. The van der Waals surface area contributed by atoms with Crippen molar-refractivity contribution in [2.24, 2.45) is 0 Å². The first-order valence-electron chi connectivity index (χ1n) is 6.01. The van der Waals surface area contributed by atoms with Crippen LogP contribution < -0.4 is 5.32 Å². The number of carbonyl (C=O) groups is 1. The standard InChI is InChI=1S/C12H22N2O2/c1-2-7-13-9-12(16)14-8-5-3-4-6-11(14)10-15/h2,11,13,15H,1,3-10H2. The predicted octanol–water partition coefficient (Wildman–Crippen LogP) is 0.525. The van der Waals surface area contributed by atoms with Crippen LogP contribution in [0.25, 0.3) is 0 Å². The predicted molar refractivity (Wildman–Crippen MR) is 64.1 cm³/mol. The van der Waals surface area contributed by atoms with Crippen molar-refractivity contribution < 1.29 is 9.90 Å². The van der Waals surface area contributed by atoms with Gasteiger partial charge < -0.3 is 15.3 Å². The Kier molecular flexibility index (Phi) is 6.11. The molecule has 1 amide bonds. The summed E-state index contributed by atoms with van der Waals surface area (Å²) in [4.78, 5) is 13.7. The second kappa shape index (κ2) is 7.41. The number of aliphatic hydroxyl groups is 1. The number of nitrogens with zero attached hydrogens (tertiary/aromatic N) is 1. The van der Waals surface area contributed by atoms with E-state index in [1.54, 1.807) is 6.08 Å². The van der Waals surface area contributed by atoms with E-state index in [0.29, 0.717) is 13.1 Å². The maximum atomic E-state index is 11.9. The molecular formula is C12H22N2O2. The average Bonchev–Trinajstić information content (AvgIpc) is 2.54. The van der Waals surface area contributed by atoms with Gasteiger partial charge in [-0.25, -0.2) is 0 Å². The first kappa shape index (κ1) is 13.2. The molecule has 1 fully saturated rings. The quantitative estimate of drug-likeness (QED) is 0.531. The smallest absolute Gasteiger partial charge is 0.236 e. The van der Waals surface area contributed by atoms with Crippen molar-refractivity contribution in [3.05, 3.63) is 12.7 Å². The number of carbonyl (C=O) groups excluding carboxylic acids is 1. The third kappa shape index (κ3) is 3.94. The fraction of sp³-hybridized carbons (Fsp3) is 0.750. The van der Waals surface area contributed by atoms with Gasteiger partial charge >= 0.3 is 0 Å². The molecule has 0 aromatic heterocycles. The van der Waals surface area contributed by atoms with Gasteiger partial charge in [0.2, 0.25) is 5.91 Å². The molecule has 4 nitrogen and oxygen atoms in total. The first-order chi connectivity index (χ1) is 7.79. The number of nitrogens with one attached hydrogen (secondary N) is 1. The zero-order valence-electron chi connectivity index (χ0n) is 9.82. The molecular weight excluding hydrogens is 204 g/mol. The highest BCUT2D eigenvalue weighted by atomic mass is 16.3. The highest BCUT2D eigenvalue weighted by Crippen LogP contribution is 2.16. The summed E-state index contributed by atoms with van der Waals surface area (Å²) in [6.07, 6.45) is 5.96. The van der Waals surface area contributed by atoms with Gasteiger partial charge in [-0.15, -0.1) is 6.58 Å². The lowest BCUT2D eigenvalue weighted by Crippen LogP contribution is -2.46. The maximum Gasteiger partial charge on any atom is 0.236 e. The zero-order chi connectivity index (χ0) is 11.8. The van der Waals surface area contributed by atoms with Crippen LogP contribution in [0.1, 0.15) is 25.7 Å². The Labute approximate surface area is 97.3 Å². The summed E-state index contributed by atoms with van der Waals surface area (Å²) in [5, 5.41) is 12.3. The molecule has 0 bridgehead atoms. The first-order valence-corrected chi connectivity index (χ1v) is 6.01. The van der Waals surface area contributed by atoms with Gasteiger partial charge in [0.25, 0.3) is 0 Å². The molecule has 1 saturated heterocycles. The summed E-state index contributed by atoms with van der Waals surface area (Å²) in [7, 11) is 0. The van der Waals surface area contributed by atoms with Gasteiger partial charge in [-0.1, -0.05) is 18.9 Å². The lowest BCUT2D eigenvalue weighted by molar-refractivity contribution is -0.133. The van der Waals surface area contributed by atoms with Crippen LogP contribution in [0, 0.1) is 0 Å². The monoisotopic (exact) mass is 226 g/mol. The van der Waals surface area contributed by atoms with Crippen molar-refractivity contribution >= 4 is 5.91 Å². The Morgan fingerprint density at radius 2 is 2.31 bits per heavy atom. The van der Waals surface area contributed by atoms with Crippen LogP contribution in [0.2, 0.25) is 0 Å². The normalized spacial score (nSPS) is 21.6.